The second-order valence-electron chi connectivity index (χ2n) is 3.04. The molecule has 0 bridgehead atoms. The molecule has 80 valence electrons. The van der Waals surface area contributed by atoms with Gasteiger partial charge in [0.05, 0.1) is 6.10 Å². The minimum Gasteiger partial charge on any atom is -0.376 e. The van der Waals surface area contributed by atoms with Crippen LogP contribution in [0.5, 0.6) is 0 Å². The van der Waals surface area contributed by atoms with E-state index in [1.54, 1.807) is 0 Å². The molecule has 0 aromatic carbocycles. The first-order valence-corrected chi connectivity index (χ1v) is 4.41. The van der Waals surface area contributed by atoms with E-state index in [4.69, 9.17) is 10.5 Å². The number of hydrazine groups is 1. The molecule has 1 atom stereocenters. The first kappa shape index (κ1) is 10.7. The van der Waals surface area contributed by atoms with Gasteiger partial charge < -0.3 is 10.5 Å². The maximum atomic E-state index is 10.6. The average Bonchev–Trinajstić information content (AvgIpc) is 2.65. The molecule has 0 saturated carbocycles. The van der Waals surface area contributed by atoms with E-state index in [0.717, 1.165) is 17.9 Å². The molecule has 1 aliphatic rings. The minimum absolute atomic E-state index is 0.0921. The molecule has 14 heavy (non-hydrogen) atoms. The molecule has 1 rings (SSSR count). The number of guanidine groups is 1. The third-order valence-corrected chi connectivity index (χ3v) is 2.09. The van der Waals surface area contributed by atoms with Crippen molar-refractivity contribution in [1.29, 1.82) is 0 Å². The molecule has 0 aliphatic carbocycles. The summed E-state index contributed by atoms with van der Waals surface area (Å²) in [6.45, 7) is 0.829. The minimum atomic E-state index is -0.565. The van der Waals surface area contributed by atoms with Crippen LogP contribution in [0.3, 0.4) is 0 Å². The quantitative estimate of drug-likeness (QED) is 0.291. The predicted octanol–water partition coefficient (Wildman–Crippen LogP) is -0.396. The Morgan fingerprint density at radius 3 is 3.00 bits per heavy atom. The zero-order chi connectivity index (χ0) is 10.6. The van der Waals surface area contributed by atoms with Crippen LogP contribution >= 0.6 is 0 Å². The molecule has 1 heterocycles. The SMILES string of the molecule is CN=C(N)N(CC1CCCO1)[N+](=O)[O-]. The Labute approximate surface area is 81.7 Å². The van der Waals surface area contributed by atoms with Crippen molar-refractivity contribution in [3.05, 3.63) is 10.1 Å². The van der Waals surface area contributed by atoms with Crippen molar-refractivity contribution in [3.8, 4) is 0 Å². The lowest BCUT2D eigenvalue weighted by Gasteiger charge is -2.16. The monoisotopic (exact) mass is 202 g/mol. The van der Waals surface area contributed by atoms with E-state index < -0.39 is 5.03 Å². The number of aliphatic imine (C=N–C) groups is 1. The second-order valence-corrected chi connectivity index (χ2v) is 3.04. The van der Waals surface area contributed by atoms with E-state index in [1.165, 1.54) is 7.05 Å². The zero-order valence-corrected chi connectivity index (χ0v) is 8.05. The van der Waals surface area contributed by atoms with Gasteiger partial charge in [-0.1, -0.05) is 5.01 Å². The van der Waals surface area contributed by atoms with Crippen molar-refractivity contribution in [3.63, 3.8) is 0 Å². The molecule has 1 unspecified atom stereocenters. The Hall–Kier alpha value is -1.37. The lowest BCUT2D eigenvalue weighted by atomic mass is 10.2. The molecule has 1 aliphatic heterocycles. The molecule has 7 nitrogen and oxygen atoms in total. The van der Waals surface area contributed by atoms with Crippen molar-refractivity contribution in [2.24, 2.45) is 10.7 Å². The Kier molecular flexibility index (Phi) is 3.63. The number of nitro groups is 1. The summed E-state index contributed by atoms with van der Waals surface area (Å²) in [5, 5.41) is 10.9. The van der Waals surface area contributed by atoms with Crippen LogP contribution in [0.15, 0.2) is 4.99 Å². The van der Waals surface area contributed by atoms with Crippen LogP contribution in [0.4, 0.5) is 0 Å². The molecule has 0 aromatic rings. The summed E-state index contributed by atoms with van der Waals surface area (Å²) in [5.74, 6) is -0.0921. The van der Waals surface area contributed by atoms with Crippen LogP contribution in [0, 0.1) is 10.1 Å². The van der Waals surface area contributed by atoms with E-state index in [1.807, 2.05) is 0 Å². The summed E-state index contributed by atoms with van der Waals surface area (Å²) < 4.78 is 5.27. The van der Waals surface area contributed by atoms with Gasteiger partial charge in [0.1, 0.15) is 6.54 Å². The van der Waals surface area contributed by atoms with Gasteiger partial charge in [0, 0.05) is 13.7 Å². The fraction of sp³-hybridized carbons (Fsp3) is 0.857. The highest BCUT2D eigenvalue weighted by Gasteiger charge is 2.26. The third-order valence-electron chi connectivity index (χ3n) is 2.09. The van der Waals surface area contributed by atoms with Gasteiger partial charge in [-0.2, -0.15) is 0 Å². The van der Waals surface area contributed by atoms with E-state index in [-0.39, 0.29) is 18.6 Å². The number of nitrogens with zero attached hydrogens (tertiary/aromatic N) is 3. The van der Waals surface area contributed by atoms with Crippen molar-refractivity contribution >= 4 is 5.96 Å². The number of hydrogen-bond donors (Lipinski definition) is 1. The van der Waals surface area contributed by atoms with Crippen LogP contribution in [-0.2, 0) is 4.74 Å². The molecular formula is C7H14N4O3. The largest absolute Gasteiger partial charge is 0.376 e. The lowest BCUT2D eigenvalue weighted by Crippen LogP contribution is -2.45. The molecule has 0 amide bonds. The molecule has 0 spiro atoms. The summed E-state index contributed by atoms with van der Waals surface area (Å²) in [5.41, 5.74) is 5.37. The molecule has 1 saturated heterocycles. The summed E-state index contributed by atoms with van der Waals surface area (Å²) in [6.07, 6.45) is 1.67. The number of nitrogens with two attached hydrogens (primary N) is 1. The van der Waals surface area contributed by atoms with Gasteiger partial charge in [-0.3, -0.25) is 4.99 Å². The standard InChI is InChI=1S/C7H14N4O3/c1-9-7(8)10(11(12)13)5-6-3-2-4-14-6/h6H,2-5H2,1H3,(H2,8,9). The van der Waals surface area contributed by atoms with Gasteiger partial charge in [0.15, 0.2) is 5.03 Å². The maximum absolute atomic E-state index is 10.6. The summed E-state index contributed by atoms with van der Waals surface area (Å²) in [4.78, 5) is 14.2. The average molecular weight is 202 g/mol. The zero-order valence-electron chi connectivity index (χ0n) is 8.05. The van der Waals surface area contributed by atoms with Gasteiger partial charge in [0.2, 0.25) is 0 Å². The predicted molar refractivity (Wildman–Crippen MR) is 50.2 cm³/mol. The van der Waals surface area contributed by atoms with Gasteiger partial charge >= 0.3 is 0 Å². The van der Waals surface area contributed by atoms with E-state index in [9.17, 15) is 10.1 Å². The second kappa shape index (κ2) is 4.75. The summed E-state index contributed by atoms with van der Waals surface area (Å²) in [6, 6.07) is 0. The highest BCUT2D eigenvalue weighted by Crippen LogP contribution is 2.13. The van der Waals surface area contributed by atoms with Crippen molar-refractivity contribution in [2.75, 3.05) is 20.2 Å². The normalized spacial score (nSPS) is 22.4. The Morgan fingerprint density at radius 2 is 2.57 bits per heavy atom. The molecule has 1 fully saturated rings. The van der Waals surface area contributed by atoms with E-state index in [2.05, 4.69) is 4.99 Å². The Morgan fingerprint density at radius 1 is 1.86 bits per heavy atom. The molecular weight excluding hydrogens is 188 g/mol. The lowest BCUT2D eigenvalue weighted by molar-refractivity contribution is -0.631. The van der Waals surface area contributed by atoms with Gasteiger partial charge in [-0.15, -0.1) is 0 Å². The fourth-order valence-electron chi connectivity index (χ4n) is 1.34. The highest BCUT2D eigenvalue weighted by atomic mass is 16.7. The Balaban J connectivity index is 2.54. The van der Waals surface area contributed by atoms with Crippen LogP contribution in [-0.4, -0.2) is 42.3 Å². The topological polar surface area (TPSA) is 94.0 Å². The van der Waals surface area contributed by atoms with Crippen LogP contribution in [0.25, 0.3) is 0 Å². The van der Waals surface area contributed by atoms with Crippen molar-refractivity contribution < 1.29 is 9.77 Å². The third kappa shape index (κ3) is 2.56. The smallest absolute Gasteiger partial charge is 0.254 e. The highest BCUT2D eigenvalue weighted by molar-refractivity contribution is 5.76. The van der Waals surface area contributed by atoms with Gasteiger partial charge in [-0.05, 0) is 12.8 Å². The van der Waals surface area contributed by atoms with Crippen LogP contribution in [0.1, 0.15) is 12.8 Å². The Bertz CT molecular complexity index is 237. The molecule has 0 aromatic heterocycles. The van der Waals surface area contributed by atoms with Crippen LogP contribution < -0.4 is 5.73 Å². The van der Waals surface area contributed by atoms with Crippen molar-refractivity contribution in [1.82, 2.24) is 5.01 Å². The summed E-state index contributed by atoms with van der Waals surface area (Å²) >= 11 is 0. The molecule has 0 radical (unpaired) electrons. The number of hydrogen-bond acceptors (Lipinski definition) is 4. The molecule has 7 heteroatoms. The van der Waals surface area contributed by atoms with Crippen molar-refractivity contribution in [2.45, 2.75) is 18.9 Å². The maximum Gasteiger partial charge on any atom is 0.254 e. The van der Waals surface area contributed by atoms with E-state index in [0.29, 0.717) is 6.61 Å². The number of rotatable bonds is 3. The van der Waals surface area contributed by atoms with E-state index >= 15 is 0 Å². The first-order valence-electron chi connectivity index (χ1n) is 4.41. The van der Waals surface area contributed by atoms with Gasteiger partial charge in [0.25, 0.3) is 5.96 Å². The first-order chi connectivity index (χ1) is 6.65. The molecule has 2 N–H and O–H groups in total. The fourth-order valence-corrected chi connectivity index (χ4v) is 1.34. The van der Waals surface area contributed by atoms with Crippen LogP contribution in [0.2, 0.25) is 0 Å². The van der Waals surface area contributed by atoms with Gasteiger partial charge in [-0.25, -0.2) is 10.1 Å². The summed E-state index contributed by atoms with van der Waals surface area (Å²) in [7, 11) is 1.42. The number of ether oxygens (including phenoxy) is 1.